The van der Waals surface area contributed by atoms with Gasteiger partial charge in [-0.3, -0.25) is 4.79 Å². The summed E-state index contributed by atoms with van der Waals surface area (Å²) in [7, 11) is 4.58. The summed E-state index contributed by atoms with van der Waals surface area (Å²) < 4.78 is 21.6. The van der Waals surface area contributed by atoms with Crippen LogP contribution in [0.25, 0.3) is 0 Å². The van der Waals surface area contributed by atoms with Crippen LogP contribution >= 0.6 is 0 Å². The van der Waals surface area contributed by atoms with Crippen LogP contribution in [0.3, 0.4) is 0 Å². The molecule has 27 heavy (non-hydrogen) atoms. The lowest BCUT2D eigenvalue weighted by molar-refractivity contribution is 0.0522. The van der Waals surface area contributed by atoms with Crippen LogP contribution < -0.4 is 18.9 Å². The van der Waals surface area contributed by atoms with Crippen LogP contribution in [0.1, 0.15) is 23.2 Å². The Morgan fingerprint density at radius 2 is 2.00 bits per heavy atom. The van der Waals surface area contributed by atoms with E-state index in [0.717, 1.165) is 12.8 Å². The van der Waals surface area contributed by atoms with Gasteiger partial charge in [-0.25, -0.2) is 4.98 Å². The third-order valence-electron chi connectivity index (χ3n) is 4.38. The number of carbonyl (C=O) groups is 1. The zero-order chi connectivity index (χ0) is 19.2. The second-order valence-electron chi connectivity index (χ2n) is 6.06. The van der Waals surface area contributed by atoms with Crippen molar-refractivity contribution in [2.75, 3.05) is 34.4 Å². The summed E-state index contributed by atoms with van der Waals surface area (Å²) in [6.07, 6.45) is 3.10. The number of para-hydroxylation sites is 1. The monoisotopic (exact) mass is 373 g/mol. The minimum Gasteiger partial charge on any atom is -0.493 e. The Bertz CT molecular complexity index is 799. The summed E-state index contributed by atoms with van der Waals surface area (Å²) in [5.41, 5.74) is 0.473. The zero-order valence-electron chi connectivity index (χ0n) is 15.7. The molecule has 3 rings (SSSR count). The van der Waals surface area contributed by atoms with Crippen molar-refractivity contribution in [1.29, 1.82) is 0 Å². The van der Waals surface area contributed by atoms with Crippen molar-refractivity contribution in [2.45, 2.75) is 18.9 Å². The molecular weight excluding hydrogens is 350 g/mol. The molecule has 0 bridgehead atoms. The third-order valence-corrected chi connectivity index (χ3v) is 4.38. The lowest BCUT2D eigenvalue weighted by Gasteiger charge is -2.33. The molecule has 2 heterocycles. The highest BCUT2D eigenvalue weighted by atomic mass is 16.5. The maximum absolute atomic E-state index is 13.0. The van der Waals surface area contributed by atoms with E-state index >= 15 is 0 Å². The van der Waals surface area contributed by atoms with Crippen molar-refractivity contribution in [2.24, 2.45) is 0 Å². The number of hydrogen-bond donors (Lipinski definition) is 0. The molecule has 0 saturated carbocycles. The van der Waals surface area contributed by atoms with Gasteiger partial charge in [0, 0.05) is 18.8 Å². The first kappa shape index (κ1) is 18.8. The second-order valence-corrected chi connectivity index (χ2v) is 6.06. The van der Waals surface area contributed by atoms with Gasteiger partial charge in [0.25, 0.3) is 5.91 Å². The van der Waals surface area contributed by atoms with Gasteiger partial charge in [-0.2, -0.15) is 4.98 Å². The van der Waals surface area contributed by atoms with Gasteiger partial charge in [0.05, 0.1) is 33.4 Å². The highest BCUT2D eigenvalue weighted by Gasteiger charge is 2.28. The number of nitrogens with zero attached hydrogens (tertiary/aromatic N) is 3. The van der Waals surface area contributed by atoms with Crippen LogP contribution in [0.5, 0.6) is 23.4 Å². The first-order valence-electron chi connectivity index (χ1n) is 8.70. The Labute approximate surface area is 158 Å². The van der Waals surface area contributed by atoms with E-state index in [1.54, 1.807) is 42.5 Å². The maximum Gasteiger partial charge on any atom is 0.319 e. The van der Waals surface area contributed by atoms with Crippen LogP contribution in [-0.2, 0) is 0 Å². The van der Waals surface area contributed by atoms with Crippen LogP contribution in [0, 0.1) is 0 Å². The molecule has 1 aromatic carbocycles. The minimum atomic E-state index is -0.154. The fourth-order valence-corrected chi connectivity index (χ4v) is 3.10. The van der Waals surface area contributed by atoms with E-state index in [4.69, 9.17) is 18.9 Å². The average molecular weight is 373 g/mol. The maximum atomic E-state index is 13.0. The Balaban J connectivity index is 1.73. The van der Waals surface area contributed by atoms with E-state index in [2.05, 4.69) is 9.97 Å². The SMILES string of the molecule is COc1nccc(OC2CCCN(C(=O)c3cccc(OC)c3OC)C2)n1. The number of ether oxygens (including phenoxy) is 4. The number of piperidine rings is 1. The molecule has 8 heteroatoms. The highest BCUT2D eigenvalue weighted by Crippen LogP contribution is 2.32. The second kappa shape index (κ2) is 8.57. The molecule has 1 aromatic heterocycles. The van der Waals surface area contributed by atoms with Gasteiger partial charge in [0.2, 0.25) is 5.88 Å². The Morgan fingerprint density at radius 1 is 1.15 bits per heavy atom. The fraction of sp³-hybridized carbons (Fsp3) is 0.421. The van der Waals surface area contributed by atoms with Gasteiger partial charge in [0.1, 0.15) is 6.10 Å². The molecule has 0 aliphatic carbocycles. The first-order valence-corrected chi connectivity index (χ1v) is 8.70. The smallest absolute Gasteiger partial charge is 0.319 e. The molecule has 0 spiro atoms. The number of likely N-dealkylation sites (tertiary alicyclic amines) is 1. The van der Waals surface area contributed by atoms with Crippen molar-refractivity contribution >= 4 is 5.91 Å². The van der Waals surface area contributed by atoms with Crippen LogP contribution in [0.15, 0.2) is 30.5 Å². The van der Waals surface area contributed by atoms with Gasteiger partial charge < -0.3 is 23.8 Å². The number of hydrogen-bond acceptors (Lipinski definition) is 7. The molecule has 0 N–H and O–H groups in total. The number of benzene rings is 1. The van der Waals surface area contributed by atoms with E-state index in [0.29, 0.717) is 36.0 Å². The van der Waals surface area contributed by atoms with E-state index in [1.165, 1.54) is 14.2 Å². The molecule has 8 nitrogen and oxygen atoms in total. The summed E-state index contributed by atoms with van der Waals surface area (Å²) in [5, 5.41) is 0. The molecular formula is C19H23N3O5. The van der Waals surface area contributed by atoms with Gasteiger partial charge in [-0.15, -0.1) is 0 Å². The third kappa shape index (κ3) is 4.21. The zero-order valence-corrected chi connectivity index (χ0v) is 15.7. The molecule has 1 unspecified atom stereocenters. The predicted octanol–water partition coefficient (Wildman–Crippen LogP) is 2.19. The molecule has 1 amide bonds. The quantitative estimate of drug-likeness (QED) is 0.767. The highest BCUT2D eigenvalue weighted by molar-refractivity contribution is 5.98. The molecule has 1 aliphatic heterocycles. The van der Waals surface area contributed by atoms with Crippen LogP contribution in [0.2, 0.25) is 0 Å². The Morgan fingerprint density at radius 3 is 2.74 bits per heavy atom. The molecule has 1 saturated heterocycles. The standard InChI is InChI=1S/C19H23N3O5/c1-24-15-8-4-7-14(17(15)25-2)18(23)22-11-5-6-13(12-22)27-16-9-10-20-19(21-16)26-3/h4,7-10,13H,5-6,11-12H2,1-3H3. The van der Waals surface area contributed by atoms with Crippen molar-refractivity contribution in [3.05, 3.63) is 36.0 Å². The predicted molar refractivity (Wildman–Crippen MR) is 97.7 cm³/mol. The van der Waals surface area contributed by atoms with Gasteiger partial charge in [-0.1, -0.05) is 6.07 Å². The molecule has 2 aromatic rings. The Hall–Kier alpha value is -3.03. The normalized spacial score (nSPS) is 16.6. The fourth-order valence-electron chi connectivity index (χ4n) is 3.10. The van der Waals surface area contributed by atoms with Crippen molar-refractivity contribution in [3.63, 3.8) is 0 Å². The molecule has 1 fully saturated rings. The van der Waals surface area contributed by atoms with E-state index in [-0.39, 0.29) is 18.0 Å². The van der Waals surface area contributed by atoms with E-state index in [9.17, 15) is 4.79 Å². The Kier molecular flexibility index (Phi) is 5.95. The number of aromatic nitrogens is 2. The lowest BCUT2D eigenvalue weighted by atomic mass is 10.1. The first-order chi connectivity index (χ1) is 13.2. The number of carbonyl (C=O) groups excluding carboxylic acids is 1. The molecule has 1 atom stereocenters. The summed E-state index contributed by atoms with van der Waals surface area (Å²) >= 11 is 0. The van der Waals surface area contributed by atoms with Gasteiger partial charge in [0.15, 0.2) is 11.5 Å². The summed E-state index contributed by atoms with van der Waals surface area (Å²) in [5.74, 6) is 1.29. The summed E-state index contributed by atoms with van der Waals surface area (Å²) in [6.45, 7) is 1.12. The summed E-state index contributed by atoms with van der Waals surface area (Å²) in [6, 6.07) is 7.20. The summed E-state index contributed by atoms with van der Waals surface area (Å²) in [4.78, 5) is 22.9. The van der Waals surface area contributed by atoms with Crippen molar-refractivity contribution in [1.82, 2.24) is 14.9 Å². The number of rotatable bonds is 6. The van der Waals surface area contributed by atoms with Crippen molar-refractivity contribution in [3.8, 4) is 23.4 Å². The van der Waals surface area contributed by atoms with E-state index < -0.39 is 0 Å². The molecule has 0 radical (unpaired) electrons. The number of amides is 1. The average Bonchev–Trinajstić information content (AvgIpc) is 2.72. The molecule has 1 aliphatic rings. The lowest BCUT2D eigenvalue weighted by Crippen LogP contribution is -2.44. The van der Waals surface area contributed by atoms with Gasteiger partial charge in [-0.05, 0) is 25.0 Å². The van der Waals surface area contributed by atoms with Gasteiger partial charge >= 0.3 is 6.01 Å². The number of methoxy groups -OCH3 is 3. The molecule has 144 valence electrons. The van der Waals surface area contributed by atoms with Crippen molar-refractivity contribution < 1.29 is 23.7 Å². The largest absolute Gasteiger partial charge is 0.493 e. The minimum absolute atomic E-state index is 0.112. The topological polar surface area (TPSA) is 83.0 Å². The van der Waals surface area contributed by atoms with E-state index in [1.807, 2.05) is 0 Å². The van der Waals surface area contributed by atoms with Crippen LogP contribution in [0.4, 0.5) is 0 Å². The van der Waals surface area contributed by atoms with Crippen LogP contribution in [-0.4, -0.2) is 61.3 Å².